The van der Waals surface area contributed by atoms with Crippen molar-refractivity contribution in [3.05, 3.63) is 69.5 Å². The van der Waals surface area contributed by atoms with Crippen molar-refractivity contribution in [3.8, 4) is 0 Å². The van der Waals surface area contributed by atoms with E-state index in [1.165, 1.54) is 6.07 Å². The number of halogens is 2. The van der Waals surface area contributed by atoms with Crippen molar-refractivity contribution in [2.75, 3.05) is 0 Å². The summed E-state index contributed by atoms with van der Waals surface area (Å²) in [6.45, 7) is 3.95. The minimum absolute atomic E-state index is 0.104. The molecule has 0 amide bonds. The van der Waals surface area contributed by atoms with Crippen molar-refractivity contribution in [3.63, 3.8) is 0 Å². The predicted octanol–water partition coefficient (Wildman–Crippen LogP) is 3.84. The van der Waals surface area contributed by atoms with Gasteiger partial charge in [-0.25, -0.2) is 4.39 Å². The van der Waals surface area contributed by atoms with Gasteiger partial charge in [-0.3, -0.25) is 11.3 Å². The molecule has 2 aromatic rings. The molecule has 0 bridgehead atoms. The molecule has 1 atom stereocenters. The molecule has 0 aromatic heterocycles. The summed E-state index contributed by atoms with van der Waals surface area (Å²) in [6, 6.07) is 10.5. The van der Waals surface area contributed by atoms with Crippen LogP contribution in [0.4, 0.5) is 4.39 Å². The third kappa shape index (κ3) is 3.57. The SMILES string of the molecule is Cc1cc(Cl)cc(C(Cc2cc(F)ccc2C)NN)c1. The molecule has 0 spiro atoms. The Morgan fingerprint density at radius 3 is 2.60 bits per heavy atom. The lowest BCUT2D eigenvalue weighted by Crippen LogP contribution is -2.29. The van der Waals surface area contributed by atoms with E-state index in [1.54, 1.807) is 12.1 Å². The van der Waals surface area contributed by atoms with E-state index >= 15 is 0 Å². The Hall–Kier alpha value is -1.42. The first-order valence-corrected chi connectivity index (χ1v) is 6.85. The molecule has 0 saturated heterocycles. The monoisotopic (exact) mass is 292 g/mol. The number of nitrogens with one attached hydrogen (secondary N) is 1. The zero-order valence-corrected chi connectivity index (χ0v) is 12.3. The average Bonchev–Trinajstić information content (AvgIpc) is 2.38. The maximum Gasteiger partial charge on any atom is 0.123 e. The van der Waals surface area contributed by atoms with E-state index in [0.717, 1.165) is 22.3 Å². The molecular formula is C16H18ClFN2. The quantitative estimate of drug-likeness (QED) is 0.664. The number of rotatable bonds is 4. The van der Waals surface area contributed by atoms with Crippen LogP contribution in [0.3, 0.4) is 0 Å². The van der Waals surface area contributed by atoms with Crippen LogP contribution < -0.4 is 11.3 Å². The largest absolute Gasteiger partial charge is 0.271 e. The summed E-state index contributed by atoms with van der Waals surface area (Å²) in [5.41, 5.74) is 6.84. The molecule has 1 unspecified atom stereocenters. The van der Waals surface area contributed by atoms with Gasteiger partial charge in [-0.15, -0.1) is 0 Å². The predicted molar refractivity (Wildman–Crippen MR) is 81.1 cm³/mol. The molecule has 106 valence electrons. The van der Waals surface area contributed by atoms with Crippen molar-refractivity contribution >= 4 is 11.6 Å². The first-order chi connectivity index (χ1) is 9.49. The maximum atomic E-state index is 13.4. The summed E-state index contributed by atoms with van der Waals surface area (Å²) in [6.07, 6.45) is 0.611. The maximum absolute atomic E-state index is 13.4. The summed E-state index contributed by atoms with van der Waals surface area (Å²) in [5.74, 6) is 5.42. The van der Waals surface area contributed by atoms with Crippen LogP contribution in [0.15, 0.2) is 36.4 Å². The summed E-state index contributed by atoms with van der Waals surface area (Å²) >= 11 is 6.08. The molecule has 2 aromatic carbocycles. The van der Waals surface area contributed by atoms with Crippen LogP contribution in [0.5, 0.6) is 0 Å². The van der Waals surface area contributed by atoms with E-state index in [1.807, 2.05) is 32.0 Å². The lowest BCUT2D eigenvalue weighted by molar-refractivity contribution is 0.547. The van der Waals surface area contributed by atoms with Crippen LogP contribution in [-0.4, -0.2) is 0 Å². The van der Waals surface area contributed by atoms with Gasteiger partial charge in [0.25, 0.3) is 0 Å². The Kier molecular flexibility index (Phi) is 4.76. The van der Waals surface area contributed by atoms with Crippen LogP contribution in [0.2, 0.25) is 5.02 Å². The Bertz CT molecular complexity index is 593. The first kappa shape index (κ1) is 15.0. The summed E-state index contributed by atoms with van der Waals surface area (Å²) in [4.78, 5) is 0. The van der Waals surface area contributed by atoms with E-state index in [-0.39, 0.29) is 11.9 Å². The standard InChI is InChI=1S/C16H18ClFN2/c1-10-5-13(7-14(17)6-10)16(20-19)9-12-8-15(18)4-3-11(12)2/h3-8,16,20H,9,19H2,1-2H3. The van der Waals surface area contributed by atoms with E-state index in [2.05, 4.69) is 5.43 Å². The van der Waals surface area contributed by atoms with Crippen LogP contribution in [0.1, 0.15) is 28.3 Å². The molecule has 2 rings (SSSR count). The van der Waals surface area contributed by atoms with Crippen LogP contribution >= 0.6 is 11.6 Å². The molecule has 4 heteroatoms. The van der Waals surface area contributed by atoms with Gasteiger partial charge in [-0.1, -0.05) is 23.7 Å². The fourth-order valence-electron chi connectivity index (χ4n) is 2.32. The molecule has 0 aliphatic heterocycles. The smallest absolute Gasteiger partial charge is 0.123 e. The minimum Gasteiger partial charge on any atom is -0.271 e. The van der Waals surface area contributed by atoms with Gasteiger partial charge < -0.3 is 0 Å². The van der Waals surface area contributed by atoms with Crippen molar-refractivity contribution in [1.29, 1.82) is 0 Å². The lowest BCUT2D eigenvalue weighted by Gasteiger charge is -2.18. The highest BCUT2D eigenvalue weighted by Crippen LogP contribution is 2.24. The molecular weight excluding hydrogens is 275 g/mol. The lowest BCUT2D eigenvalue weighted by atomic mass is 9.95. The van der Waals surface area contributed by atoms with Crippen LogP contribution in [0, 0.1) is 19.7 Å². The van der Waals surface area contributed by atoms with E-state index in [4.69, 9.17) is 17.4 Å². The van der Waals surface area contributed by atoms with Gasteiger partial charge in [0.15, 0.2) is 0 Å². The van der Waals surface area contributed by atoms with Gasteiger partial charge in [0, 0.05) is 5.02 Å². The highest BCUT2D eigenvalue weighted by atomic mass is 35.5. The Morgan fingerprint density at radius 2 is 1.95 bits per heavy atom. The van der Waals surface area contributed by atoms with Crippen molar-refractivity contribution < 1.29 is 4.39 Å². The van der Waals surface area contributed by atoms with Crippen molar-refractivity contribution in [2.24, 2.45) is 5.84 Å². The van der Waals surface area contributed by atoms with E-state index < -0.39 is 0 Å². The molecule has 0 aliphatic rings. The summed E-state index contributed by atoms with van der Waals surface area (Å²) < 4.78 is 13.4. The normalized spacial score (nSPS) is 12.4. The van der Waals surface area contributed by atoms with Gasteiger partial charge in [-0.2, -0.15) is 0 Å². The summed E-state index contributed by atoms with van der Waals surface area (Å²) in [5, 5.41) is 0.677. The molecule has 0 aliphatic carbocycles. The minimum atomic E-state index is -0.233. The van der Waals surface area contributed by atoms with Crippen LogP contribution in [0.25, 0.3) is 0 Å². The Labute approximate surface area is 123 Å². The fraction of sp³-hybridized carbons (Fsp3) is 0.250. The van der Waals surface area contributed by atoms with Crippen molar-refractivity contribution in [1.82, 2.24) is 5.43 Å². The third-order valence-electron chi connectivity index (χ3n) is 3.40. The molecule has 2 nitrogen and oxygen atoms in total. The second-order valence-corrected chi connectivity index (χ2v) is 5.49. The van der Waals surface area contributed by atoms with Gasteiger partial charge in [0.1, 0.15) is 5.82 Å². The second-order valence-electron chi connectivity index (χ2n) is 5.06. The van der Waals surface area contributed by atoms with Gasteiger partial charge in [0.05, 0.1) is 6.04 Å². The first-order valence-electron chi connectivity index (χ1n) is 6.48. The number of hydrogen-bond acceptors (Lipinski definition) is 2. The molecule has 0 fully saturated rings. The Morgan fingerprint density at radius 1 is 1.20 bits per heavy atom. The molecule has 0 heterocycles. The highest BCUT2D eigenvalue weighted by molar-refractivity contribution is 6.30. The highest BCUT2D eigenvalue weighted by Gasteiger charge is 2.13. The number of nitrogens with two attached hydrogens (primary N) is 1. The number of benzene rings is 2. The molecule has 20 heavy (non-hydrogen) atoms. The zero-order valence-electron chi connectivity index (χ0n) is 11.6. The van der Waals surface area contributed by atoms with Gasteiger partial charge >= 0.3 is 0 Å². The Balaban J connectivity index is 2.30. The second kappa shape index (κ2) is 6.35. The molecule has 0 saturated carbocycles. The number of hydrogen-bond donors (Lipinski definition) is 2. The fourth-order valence-corrected chi connectivity index (χ4v) is 2.62. The van der Waals surface area contributed by atoms with Gasteiger partial charge in [-0.05, 0) is 66.8 Å². The van der Waals surface area contributed by atoms with Crippen LogP contribution in [-0.2, 0) is 6.42 Å². The molecule has 0 radical (unpaired) electrons. The number of hydrazine groups is 1. The number of aryl methyl sites for hydroxylation is 2. The van der Waals surface area contributed by atoms with E-state index in [0.29, 0.717) is 11.4 Å². The topological polar surface area (TPSA) is 38.0 Å². The average molecular weight is 293 g/mol. The van der Waals surface area contributed by atoms with Crippen molar-refractivity contribution in [2.45, 2.75) is 26.3 Å². The van der Waals surface area contributed by atoms with E-state index in [9.17, 15) is 4.39 Å². The molecule has 3 N–H and O–H groups in total. The van der Waals surface area contributed by atoms with Gasteiger partial charge in [0.2, 0.25) is 0 Å². The summed E-state index contributed by atoms with van der Waals surface area (Å²) in [7, 11) is 0. The third-order valence-corrected chi connectivity index (χ3v) is 3.62. The zero-order chi connectivity index (χ0) is 14.7.